The maximum absolute atomic E-state index is 12.8. The summed E-state index contributed by atoms with van der Waals surface area (Å²) in [7, 11) is 3.38. The minimum atomic E-state index is -0.00235. The molecule has 3 fully saturated rings. The zero-order chi connectivity index (χ0) is 14.8. The molecule has 0 aromatic heterocycles. The largest absolute Gasteiger partial charge is 0.377 e. The summed E-state index contributed by atoms with van der Waals surface area (Å²) < 4.78 is 10.9. The fourth-order valence-electron chi connectivity index (χ4n) is 4.29. The van der Waals surface area contributed by atoms with Crippen LogP contribution >= 0.6 is 0 Å². The molecule has 21 heavy (non-hydrogen) atoms. The molecule has 1 aliphatic carbocycles. The number of carbonyl (C=O) groups is 1. The molecule has 2 aliphatic heterocycles. The first-order chi connectivity index (χ1) is 10.2. The van der Waals surface area contributed by atoms with E-state index in [1.165, 1.54) is 32.1 Å². The predicted molar refractivity (Wildman–Crippen MR) is 80.1 cm³/mol. The van der Waals surface area contributed by atoms with Gasteiger partial charge >= 0.3 is 0 Å². The van der Waals surface area contributed by atoms with Crippen LogP contribution in [0.25, 0.3) is 0 Å². The number of piperidine rings is 1. The highest BCUT2D eigenvalue weighted by molar-refractivity contribution is 5.82. The Bertz CT molecular complexity index is 365. The van der Waals surface area contributed by atoms with Crippen molar-refractivity contribution in [1.29, 1.82) is 0 Å². The van der Waals surface area contributed by atoms with Crippen molar-refractivity contribution in [1.82, 2.24) is 10.2 Å². The van der Waals surface area contributed by atoms with E-state index in [0.717, 1.165) is 12.3 Å². The van der Waals surface area contributed by atoms with Gasteiger partial charge in [-0.3, -0.25) is 4.79 Å². The standard InChI is InChI=1S/C16H28N2O3/c1-20-14-9-18(10-15(14)21-2)16(19)13-8-7-11-5-3-4-6-12(11)17-13/h11-15,17H,3-10H2,1-2H3. The van der Waals surface area contributed by atoms with Crippen molar-refractivity contribution in [3.05, 3.63) is 0 Å². The smallest absolute Gasteiger partial charge is 0.239 e. The lowest BCUT2D eigenvalue weighted by molar-refractivity contribution is -0.134. The molecule has 2 heterocycles. The fourth-order valence-corrected chi connectivity index (χ4v) is 4.29. The summed E-state index contributed by atoms with van der Waals surface area (Å²) >= 11 is 0. The van der Waals surface area contributed by atoms with E-state index in [2.05, 4.69) is 5.32 Å². The molecular weight excluding hydrogens is 268 g/mol. The van der Waals surface area contributed by atoms with E-state index in [-0.39, 0.29) is 24.2 Å². The molecule has 0 radical (unpaired) electrons. The number of hydrogen-bond acceptors (Lipinski definition) is 4. The number of likely N-dealkylation sites (tertiary alicyclic amines) is 1. The molecule has 2 saturated heterocycles. The minimum Gasteiger partial charge on any atom is -0.377 e. The number of hydrogen-bond donors (Lipinski definition) is 1. The number of rotatable bonds is 3. The van der Waals surface area contributed by atoms with Crippen LogP contribution in [-0.4, -0.2) is 62.4 Å². The van der Waals surface area contributed by atoms with Gasteiger partial charge in [0.1, 0.15) is 12.2 Å². The summed E-state index contributed by atoms with van der Waals surface area (Å²) in [6.07, 6.45) is 7.41. The zero-order valence-electron chi connectivity index (χ0n) is 13.2. The highest BCUT2D eigenvalue weighted by atomic mass is 16.5. The number of amides is 1. The van der Waals surface area contributed by atoms with E-state index in [4.69, 9.17) is 9.47 Å². The van der Waals surface area contributed by atoms with Gasteiger partial charge in [-0.15, -0.1) is 0 Å². The Kier molecular flexibility index (Phi) is 4.82. The highest BCUT2D eigenvalue weighted by Crippen LogP contribution is 2.33. The van der Waals surface area contributed by atoms with Crippen molar-refractivity contribution in [2.75, 3.05) is 27.3 Å². The Labute approximate surface area is 127 Å². The second kappa shape index (κ2) is 6.63. The summed E-state index contributed by atoms with van der Waals surface area (Å²) in [6.45, 7) is 1.31. The van der Waals surface area contributed by atoms with Gasteiger partial charge in [-0.2, -0.15) is 0 Å². The van der Waals surface area contributed by atoms with Gasteiger partial charge in [-0.25, -0.2) is 0 Å². The number of methoxy groups -OCH3 is 2. The third-order valence-electron chi connectivity index (χ3n) is 5.58. The molecule has 0 aromatic carbocycles. The first-order valence-corrected chi connectivity index (χ1v) is 8.33. The van der Waals surface area contributed by atoms with E-state index in [1.54, 1.807) is 14.2 Å². The minimum absolute atomic E-state index is 0.00235. The first kappa shape index (κ1) is 15.3. The third kappa shape index (κ3) is 3.10. The quantitative estimate of drug-likeness (QED) is 0.849. The molecule has 5 atom stereocenters. The van der Waals surface area contributed by atoms with E-state index >= 15 is 0 Å². The Morgan fingerprint density at radius 3 is 2.33 bits per heavy atom. The van der Waals surface area contributed by atoms with Crippen LogP contribution in [0.4, 0.5) is 0 Å². The van der Waals surface area contributed by atoms with Crippen molar-refractivity contribution in [3.8, 4) is 0 Å². The molecule has 3 rings (SSSR count). The number of nitrogens with one attached hydrogen (secondary N) is 1. The molecule has 5 heteroatoms. The van der Waals surface area contributed by atoms with E-state index in [0.29, 0.717) is 19.1 Å². The van der Waals surface area contributed by atoms with Crippen LogP contribution in [0.5, 0.6) is 0 Å². The van der Waals surface area contributed by atoms with Crippen molar-refractivity contribution < 1.29 is 14.3 Å². The van der Waals surface area contributed by atoms with E-state index in [9.17, 15) is 4.79 Å². The maximum atomic E-state index is 12.8. The number of ether oxygens (including phenoxy) is 2. The van der Waals surface area contributed by atoms with Gasteiger partial charge in [0.2, 0.25) is 5.91 Å². The van der Waals surface area contributed by atoms with Crippen LogP contribution in [0.15, 0.2) is 0 Å². The van der Waals surface area contributed by atoms with E-state index in [1.807, 2.05) is 4.90 Å². The molecule has 0 aromatic rings. The topological polar surface area (TPSA) is 50.8 Å². The Hall–Kier alpha value is -0.650. The number of fused-ring (bicyclic) bond motifs is 1. The molecule has 0 spiro atoms. The summed E-state index contributed by atoms with van der Waals surface area (Å²) in [5.41, 5.74) is 0. The second-order valence-electron chi connectivity index (χ2n) is 6.74. The van der Waals surface area contributed by atoms with Crippen molar-refractivity contribution in [3.63, 3.8) is 0 Å². The first-order valence-electron chi connectivity index (χ1n) is 8.33. The van der Waals surface area contributed by atoms with Gasteiger partial charge in [0.25, 0.3) is 0 Å². The lowest BCUT2D eigenvalue weighted by atomic mass is 9.77. The van der Waals surface area contributed by atoms with Crippen molar-refractivity contribution in [2.24, 2.45) is 5.92 Å². The van der Waals surface area contributed by atoms with Crippen LogP contribution in [0.2, 0.25) is 0 Å². The second-order valence-corrected chi connectivity index (χ2v) is 6.74. The predicted octanol–water partition coefficient (Wildman–Crippen LogP) is 1.17. The lowest BCUT2D eigenvalue weighted by Crippen LogP contribution is -2.55. The Balaban J connectivity index is 1.58. The molecule has 3 aliphatic rings. The maximum Gasteiger partial charge on any atom is 0.239 e. The molecule has 1 amide bonds. The van der Waals surface area contributed by atoms with E-state index < -0.39 is 0 Å². The van der Waals surface area contributed by atoms with Crippen LogP contribution in [0.3, 0.4) is 0 Å². The van der Waals surface area contributed by atoms with Gasteiger partial charge in [0.05, 0.1) is 6.04 Å². The zero-order valence-corrected chi connectivity index (χ0v) is 13.2. The lowest BCUT2D eigenvalue weighted by Gasteiger charge is -2.40. The summed E-state index contributed by atoms with van der Waals surface area (Å²) in [5, 5.41) is 3.62. The van der Waals surface area contributed by atoms with Gasteiger partial charge in [-0.05, 0) is 31.6 Å². The van der Waals surface area contributed by atoms with Crippen LogP contribution in [-0.2, 0) is 14.3 Å². The van der Waals surface area contributed by atoms with Crippen molar-refractivity contribution in [2.45, 2.75) is 62.8 Å². The monoisotopic (exact) mass is 296 g/mol. The van der Waals surface area contributed by atoms with Crippen LogP contribution < -0.4 is 5.32 Å². The summed E-state index contributed by atoms with van der Waals surface area (Å²) in [6, 6.07) is 0.554. The molecule has 1 N–H and O–H groups in total. The summed E-state index contributed by atoms with van der Waals surface area (Å²) in [4.78, 5) is 14.7. The normalized spacial score (nSPS) is 40.1. The molecule has 5 nitrogen and oxygen atoms in total. The number of carbonyl (C=O) groups excluding carboxylic acids is 1. The Morgan fingerprint density at radius 1 is 1.00 bits per heavy atom. The number of nitrogens with zero attached hydrogens (tertiary/aromatic N) is 1. The van der Waals surface area contributed by atoms with Gasteiger partial charge < -0.3 is 19.7 Å². The molecular formula is C16H28N2O3. The van der Waals surface area contributed by atoms with Crippen LogP contribution in [0.1, 0.15) is 38.5 Å². The molecule has 5 unspecified atom stereocenters. The van der Waals surface area contributed by atoms with Gasteiger partial charge in [0.15, 0.2) is 0 Å². The molecule has 1 saturated carbocycles. The third-order valence-corrected chi connectivity index (χ3v) is 5.58. The molecule has 0 bridgehead atoms. The Morgan fingerprint density at radius 2 is 1.67 bits per heavy atom. The van der Waals surface area contributed by atoms with Gasteiger partial charge in [0, 0.05) is 33.4 Å². The fraction of sp³-hybridized carbons (Fsp3) is 0.938. The molecule has 120 valence electrons. The van der Waals surface area contributed by atoms with Crippen molar-refractivity contribution >= 4 is 5.91 Å². The average Bonchev–Trinajstić information content (AvgIpc) is 2.97. The average molecular weight is 296 g/mol. The highest BCUT2D eigenvalue weighted by Gasteiger charge is 2.40. The van der Waals surface area contributed by atoms with Gasteiger partial charge in [-0.1, -0.05) is 12.8 Å². The summed E-state index contributed by atoms with van der Waals surface area (Å²) in [5.74, 6) is 1.03. The SMILES string of the molecule is COC1CN(C(=O)C2CCC3CCCCC3N2)CC1OC. The van der Waals surface area contributed by atoms with Crippen LogP contribution in [0, 0.1) is 5.92 Å².